The van der Waals surface area contributed by atoms with E-state index in [4.69, 9.17) is 20.9 Å². The molecule has 0 spiro atoms. The van der Waals surface area contributed by atoms with Gasteiger partial charge in [-0.1, -0.05) is 37.0 Å². The van der Waals surface area contributed by atoms with Crippen LogP contribution in [0.2, 0.25) is 5.02 Å². The molecule has 1 heterocycles. The van der Waals surface area contributed by atoms with Gasteiger partial charge in [0.05, 0.1) is 5.69 Å². The molecule has 6 nitrogen and oxygen atoms in total. The Morgan fingerprint density at radius 3 is 2.56 bits per heavy atom. The third kappa shape index (κ3) is 5.32. The topological polar surface area (TPSA) is 81.4 Å². The number of hydrogen-bond donors (Lipinski definition) is 1. The highest BCUT2D eigenvalue weighted by Gasteiger charge is 2.28. The second-order valence-corrected chi connectivity index (χ2v) is 6.32. The molecule has 0 bridgehead atoms. The molecule has 1 amide bonds. The predicted octanol–water partition coefficient (Wildman–Crippen LogP) is 3.52. The van der Waals surface area contributed by atoms with Crippen molar-refractivity contribution >= 4 is 23.5 Å². The fraction of sp³-hybridized carbons (Fsp3) is 0.389. The molecule has 134 valence electrons. The quantitative estimate of drug-likeness (QED) is 0.760. The SMILES string of the molecule is CC[C@H](C)[C@H](NC(=O)c1ccc(Cl)cc1)C(=O)OCc1cc(C)no1. The first kappa shape index (κ1) is 19.0. The number of hydrogen-bond acceptors (Lipinski definition) is 5. The summed E-state index contributed by atoms with van der Waals surface area (Å²) in [6.45, 7) is 5.58. The lowest BCUT2D eigenvalue weighted by Gasteiger charge is -2.22. The number of aryl methyl sites for hydroxylation is 1. The smallest absolute Gasteiger partial charge is 0.329 e. The van der Waals surface area contributed by atoms with Crippen LogP contribution in [-0.2, 0) is 16.1 Å². The Bertz CT molecular complexity index is 727. The van der Waals surface area contributed by atoms with Gasteiger partial charge >= 0.3 is 5.97 Å². The average molecular weight is 365 g/mol. The molecule has 0 saturated carbocycles. The number of halogens is 1. The van der Waals surface area contributed by atoms with E-state index in [-0.39, 0.29) is 18.4 Å². The summed E-state index contributed by atoms with van der Waals surface area (Å²) in [5, 5.41) is 7.02. The fourth-order valence-corrected chi connectivity index (χ4v) is 2.34. The summed E-state index contributed by atoms with van der Waals surface area (Å²) in [5.74, 6) is -0.488. The molecule has 1 aromatic heterocycles. The standard InChI is InChI=1S/C18H21ClN2O4/c1-4-11(2)16(18(23)24-10-15-9-12(3)21-25-15)20-17(22)13-5-7-14(19)8-6-13/h5-9,11,16H,4,10H2,1-3H3,(H,20,22)/t11-,16-/m0/s1. The van der Waals surface area contributed by atoms with Gasteiger partial charge in [0.2, 0.25) is 0 Å². The molecule has 0 aliphatic carbocycles. The van der Waals surface area contributed by atoms with Gasteiger partial charge < -0.3 is 14.6 Å². The van der Waals surface area contributed by atoms with E-state index < -0.39 is 12.0 Å². The molecule has 0 fully saturated rings. The van der Waals surface area contributed by atoms with Crippen LogP contribution in [0, 0.1) is 12.8 Å². The maximum atomic E-state index is 12.4. The zero-order chi connectivity index (χ0) is 18.4. The van der Waals surface area contributed by atoms with Gasteiger partial charge in [0.25, 0.3) is 5.91 Å². The van der Waals surface area contributed by atoms with Crippen molar-refractivity contribution in [3.05, 3.63) is 52.4 Å². The van der Waals surface area contributed by atoms with E-state index in [0.717, 1.165) is 0 Å². The Balaban J connectivity index is 2.02. The van der Waals surface area contributed by atoms with Crippen LogP contribution >= 0.6 is 11.6 Å². The molecule has 1 N–H and O–H groups in total. The maximum Gasteiger partial charge on any atom is 0.329 e. The Kier molecular flexibility index (Phi) is 6.58. The van der Waals surface area contributed by atoms with Crippen LogP contribution < -0.4 is 5.32 Å². The average Bonchev–Trinajstić information content (AvgIpc) is 3.02. The van der Waals surface area contributed by atoms with Crippen molar-refractivity contribution in [2.45, 2.75) is 39.8 Å². The van der Waals surface area contributed by atoms with E-state index in [0.29, 0.717) is 28.5 Å². The van der Waals surface area contributed by atoms with Gasteiger partial charge in [0.15, 0.2) is 12.4 Å². The van der Waals surface area contributed by atoms with Crippen molar-refractivity contribution < 1.29 is 18.8 Å². The molecule has 7 heteroatoms. The number of ether oxygens (including phenoxy) is 1. The molecule has 2 atom stereocenters. The predicted molar refractivity (Wildman–Crippen MR) is 93.2 cm³/mol. The Morgan fingerprint density at radius 1 is 1.32 bits per heavy atom. The van der Waals surface area contributed by atoms with Crippen LogP contribution in [0.1, 0.15) is 42.1 Å². The number of benzene rings is 1. The van der Waals surface area contributed by atoms with Gasteiger partial charge in [0.1, 0.15) is 6.04 Å². The molecular weight excluding hydrogens is 344 g/mol. The first-order valence-corrected chi connectivity index (χ1v) is 8.43. The summed E-state index contributed by atoms with van der Waals surface area (Å²) in [5.41, 5.74) is 1.14. The number of esters is 1. The number of carbonyl (C=O) groups is 2. The minimum Gasteiger partial charge on any atom is -0.456 e. The van der Waals surface area contributed by atoms with Crippen LogP contribution in [0.5, 0.6) is 0 Å². The van der Waals surface area contributed by atoms with Crippen LogP contribution in [0.3, 0.4) is 0 Å². The highest BCUT2D eigenvalue weighted by Crippen LogP contribution is 2.14. The number of nitrogens with one attached hydrogen (secondary N) is 1. The van der Waals surface area contributed by atoms with E-state index in [1.165, 1.54) is 0 Å². The molecule has 25 heavy (non-hydrogen) atoms. The summed E-state index contributed by atoms with van der Waals surface area (Å²) < 4.78 is 10.3. The van der Waals surface area contributed by atoms with Crippen molar-refractivity contribution in [3.63, 3.8) is 0 Å². The minimum absolute atomic E-state index is 0.0244. The Morgan fingerprint density at radius 2 is 2.00 bits per heavy atom. The molecule has 0 unspecified atom stereocenters. The highest BCUT2D eigenvalue weighted by molar-refractivity contribution is 6.30. The lowest BCUT2D eigenvalue weighted by molar-refractivity contribution is -0.149. The number of amides is 1. The lowest BCUT2D eigenvalue weighted by atomic mass is 9.99. The molecular formula is C18H21ClN2O4. The van der Waals surface area contributed by atoms with E-state index in [2.05, 4.69) is 10.5 Å². The zero-order valence-electron chi connectivity index (χ0n) is 14.4. The fourth-order valence-electron chi connectivity index (χ4n) is 2.21. The van der Waals surface area contributed by atoms with Crippen LogP contribution in [0.25, 0.3) is 0 Å². The largest absolute Gasteiger partial charge is 0.456 e. The number of carbonyl (C=O) groups excluding carboxylic acids is 2. The van der Waals surface area contributed by atoms with Gasteiger partial charge in [-0.05, 0) is 37.1 Å². The minimum atomic E-state index is -0.753. The van der Waals surface area contributed by atoms with Crippen molar-refractivity contribution in [1.82, 2.24) is 10.5 Å². The Labute approximate surface area is 151 Å². The second-order valence-electron chi connectivity index (χ2n) is 5.89. The first-order chi connectivity index (χ1) is 11.9. The van der Waals surface area contributed by atoms with Gasteiger partial charge in [-0.25, -0.2) is 4.79 Å². The summed E-state index contributed by atoms with van der Waals surface area (Å²) in [7, 11) is 0. The van der Waals surface area contributed by atoms with Crippen molar-refractivity contribution in [2.24, 2.45) is 5.92 Å². The van der Waals surface area contributed by atoms with Crippen molar-refractivity contribution in [1.29, 1.82) is 0 Å². The lowest BCUT2D eigenvalue weighted by Crippen LogP contribution is -2.45. The second kappa shape index (κ2) is 8.67. The van der Waals surface area contributed by atoms with Crippen molar-refractivity contribution in [2.75, 3.05) is 0 Å². The number of aromatic nitrogens is 1. The van der Waals surface area contributed by atoms with Crippen LogP contribution in [-0.4, -0.2) is 23.1 Å². The van der Waals surface area contributed by atoms with E-state index >= 15 is 0 Å². The summed E-state index contributed by atoms with van der Waals surface area (Å²) in [6, 6.07) is 7.40. The molecule has 0 aliphatic rings. The van der Waals surface area contributed by atoms with Gasteiger partial charge in [-0.2, -0.15) is 0 Å². The molecule has 0 radical (unpaired) electrons. The number of nitrogens with zero attached hydrogens (tertiary/aromatic N) is 1. The molecule has 0 saturated heterocycles. The van der Waals surface area contributed by atoms with Crippen molar-refractivity contribution in [3.8, 4) is 0 Å². The highest BCUT2D eigenvalue weighted by atomic mass is 35.5. The third-order valence-corrected chi connectivity index (χ3v) is 4.15. The summed E-state index contributed by atoms with van der Waals surface area (Å²) >= 11 is 5.83. The van der Waals surface area contributed by atoms with Gasteiger partial charge in [-0.15, -0.1) is 0 Å². The Hall–Kier alpha value is -2.34. The van der Waals surface area contributed by atoms with E-state index in [9.17, 15) is 9.59 Å². The monoisotopic (exact) mass is 364 g/mol. The molecule has 2 rings (SSSR count). The first-order valence-electron chi connectivity index (χ1n) is 8.06. The van der Waals surface area contributed by atoms with Crippen LogP contribution in [0.4, 0.5) is 0 Å². The maximum absolute atomic E-state index is 12.4. The van der Waals surface area contributed by atoms with E-state index in [1.54, 1.807) is 37.3 Å². The normalized spacial score (nSPS) is 13.1. The molecule has 2 aromatic rings. The molecule has 0 aliphatic heterocycles. The van der Waals surface area contributed by atoms with Gasteiger partial charge in [-0.3, -0.25) is 4.79 Å². The third-order valence-electron chi connectivity index (χ3n) is 3.89. The number of rotatable bonds is 7. The van der Waals surface area contributed by atoms with Gasteiger partial charge in [0, 0.05) is 16.7 Å². The zero-order valence-corrected chi connectivity index (χ0v) is 15.2. The summed E-state index contributed by atoms with van der Waals surface area (Å²) in [6.07, 6.45) is 0.710. The summed E-state index contributed by atoms with van der Waals surface area (Å²) in [4.78, 5) is 24.8. The van der Waals surface area contributed by atoms with E-state index in [1.807, 2.05) is 13.8 Å². The van der Waals surface area contributed by atoms with Crippen LogP contribution in [0.15, 0.2) is 34.9 Å². The molecule has 1 aromatic carbocycles.